The van der Waals surface area contributed by atoms with E-state index in [9.17, 15) is 13.6 Å². The standard InChI is InChI=1S/C13H13F2N3O/c1-8-4-3-5-9(6-8)16-13(19)10-7-18(2)17-11(10)12(14)15/h3-7,12H,1-2H3,(H,16,19). The van der Waals surface area contributed by atoms with Gasteiger partial charge in [-0.05, 0) is 24.6 Å². The zero-order chi connectivity index (χ0) is 14.0. The number of aryl methyl sites for hydroxylation is 2. The number of amides is 1. The van der Waals surface area contributed by atoms with E-state index in [0.717, 1.165) is 5.56 Å². The Morgan fingerprint density at radius 3 is 2.79 bits per heavy atom. The number of hydrogen-bond acceptors (Lipinski definition) is 2. The maximum absolute atomic E-state index is 12.7. The summed E-state index contributed by atoms with van der Waals surface area (Å²) in [6.07, 6.45) is -1.49. The van der Waals surface area contributed by atoms with Gasteiger partial charge in [-0.1, -0.05) is 12.1 Å². The fourth-order valence-electron chi connectivity index (χ4n) is 1.76. The third kappa shape index (κ3) is 2.96. The smallest absolute Gasteiger partial charge is 0.282 e. The van der Waals surface area contributed by atoms with Crippen LogP contribution in [0.25, 0.3) is 0 Å². The van der Waals surface area contributed by atoms with Crippen molar-refractivity contribution in [3.63, 3.8) is 0 Å². The van der Waals surface area contributed by atoms with Crippen molar-refractivity contribution >= 4 is 11.6 Å². The van der Waals surface area contributed by atoms with Gasteiger partial charge in [0.1, 0.15) is 5.69 Å². The normalized spacial score (nSPS) is 10.8. The molecule has 1 amide bonds. The number of halogens is 2. The molecule has 0 aliphatic carbocycles. The summed E-state index contributed by atoms with van der Waals surface area (Å²) in [5.41, 5.74) is 0.916. The molecule has 1 N–H and O–H groups in total. The van der Waals surface area contributed by atoms with E-state index in [1.807, 2.05) is 13.0 Å². The van der Waals surface area contributed by atoms with Crippen LogP contribution in [-0.2, 0) is 7.05 Å². The average molecular weight is 265 g/mol. The SMILES string of the molecule is Cc1cccc(NC(=O)c2cn(C)nc2C(F)F)c1. The fraction of sp³-hybridized carbons (Fsp3) is 0.231. The second-order valence-corrected chi connectivity index (χ2v) is 4.23. The van der Waals surface area contributed by atoms with Crippen molar-refractivity contribution in [1.29, 1.82) is 0 Å². The molecule has 0 saturated heterocycles. The number of alkyl halides is 2. The first-order valence-corrected chi connectivity index (χ1v) is 5.67. The molecule has 6 heteroatoms. The molecule has 0 aliphatic heterocycles. The quantitative estimate of drug-likeness (QED) is 0.927. The van der Waals surface area contributed by atoms with Gasteiger partial charge in [-0.25, -0.2) is 8.78 Å². The first-order valence-electron chi connectivity index (χ1n) is 5.67. The van der Waals surface area contributed by atoms with E-state index in [1.54, 1.807) is 18.2 Å². The summed E-state index contributed by atoms with van der Waals surface area (Å²) >= 11 is 0. The lowest BCUT2D eigenvalue weighted by molar-refractivity contribution is 0.101. The van der Waals surface area contributed by atoms with Crippen LogP contribution in [0.1, 0.15) is 28.0 Å². The monoisotopic (exact) mass is 265 g/mol. The number of benzene rings is 1. The van der Waals surface area contributed by atoms with Crippen molar-refractivity contribution in [2.24, 2.45) is 7.05 Å². The van der Waals surface area contributed by atoms with E-state index < -0.39 is 18.0 Å². The van der Waals surface area contributed by atoms with E-state index in [4.69, 9.17) is 0 Å². The van der Waals surface area contributed by atoms with Crippen LogP contribution < -0.4 is 5.32 Å². The Balaban J connectivity index is 2.25. The molecule has 0 atom stereocenters. The molecule has 1 aromatic heterocycles. The summed E-state index contributed by atoms with van der Waals surface area (Å²) in [7, 11) is 1.50. The highest BCUT2D eigenvalue weighted by molar-refractivity contribution is 6.05. The molecule has 1 aromatic carbocycles. The van der Waals surface area contributed by atoms with Gasteiger partial charge in [0.15, 0.2) is 0 Å². The summed E-state index contributed by atoms with van der Waals surface area (Å²) in [6, 6.07) is 7.12. The lowest BCUT2D eigenvalue weighted by atomic mass is 10.2. The van der Waals surface area contributed by atoms with Gasteiger partial charge in [0.2, 0.25) is 0 Å². The molecule has 1 heterocycles. The van der Waals surface area contributed by atoms with Crippen LogP contribution in [0.15, 0.2) is 30.5 Å². The van der Waals surface area contributed by atoms with Gasteiger partial charge in [0, 0.05) is 18.9 Å². The third-order valence-corrected chi connectivity index (χ3v) is 2.58. The Bertz CT molecular complexity index is 608. The predicted octanol–water partition coefficient (Wildman–Crippen LogP) is 2.92. The highest BCUT2D eigenvalue weighted by Crippen LogP contribution is 2.22. The number of nitrogens with one attached hydrogen (secondary N) is 1. The van der Waals surface area contributed by atoms with Crippen LogP contribution in [0.3, 0.4) is 0 Å². The summed E-state index contributed by atoms with van der Waals surface area (Å²) < 4.78 is 26.7. The molecule has 0 unspecified atom stereocenters. The first kappa shape index (κ1) is 13.2. The van der Waals surface area contributed by atoms with Crippen LogP contribution in [0.4, 0.5) is 14.5 Å². The largest absolute Gasteiger partial charge is 0.322 e. The van der Waals surface area contributed by atoms with E-state index in [2.05, 4.69) is 10.4 Å². The number of carbonyl (C=O) groups excluding carboxylic acids is 1. The van der Waals surface area contributed by atoms with Gasteiger partial charge < -0.3 is 5.32 Å². The van der Waals surface area contributed by atoms with Crippen molar-refractivity contribution in [3.05, 3.63) is 47.3 Å². The molecule has 2 rings (SSSR count). The van der Waals surface area contributed by atoms with Crippen LogP contribution in [0, 0.1) is 6.92 Å². The Morgan fingerprint density at radius 2 is 2.16 bits per heavy atom. The number of aromatic nitrogens is 2. The number of nitrogens with zero attached hydrogens (tertiary/aromatic N) is 2. The van der Waals surface area contributed by atoms with Crippen LogP contribution in [-0.4, -0.2) is 15.7 Å². The van der Waals surface area contributed by atoms with Gasteiger partial charge in [-0.2, -0.15) is 5.10 Å². The molecule has 2 aromatic rings. The maximum Gasteiger partial charge on any atom is 0.282 e. The number of anilines is 1. The fourth-order valence-corrected chi connectivity index (χ4v) is 1.76. The Morgan fingerprint density at radius 1 is 1.42 bits per heavy atom. The van der Waals surface area contributed by atoms with Gasteiger partial charge in [-0.15, -0.1) is 0 Å². The van der Waals surface area contributed by atoms with E-state index >= 15 is 0 Å². The highest BCUT2D eigenvalue weighted by atomic mass is 19.3. The van der Waals surface area contributed by atoms with E-state index in [0.29, 0.717) is 5.69 Å². The zero-order valence-electron chi connectivity index (χ0n) is 10.5. The summed E-state index contributed by atoms with van der Waals surface area (Å²) in [4.78, 5) is 12.0. The van der Waals surface area contributed by atoms with Crippen LogP contribution in [0.5, 0.6) is 0 Å². The van der Waals surface area contributed by atoms with Crippen molar-refractivity contribution in [3.8, 4) is 0 Å². The Hall–Kier alpha value is -2.24. The maximum atomic E-state index is 12.7. The van der Waals surface area contributed by atoms with Crippen molar-refractivity contribution in [1.82, 2.24) is 9.78 Å². The highest BCUT2D eigenvalue weighted by Gasteiger charge is 2.22. The minimum absolute atomic E-state index is 0.112. The van der Waals surface area contributed by atoms with E-state index in [1.165, 1.54) is 17.9 Å². The lowest BCUT2D eigenvalue weighted by Gasteiger charge is -2.05. The molecule has 0 fully saturated rings. The topological polar surface area (TPSA) is 46.9 Å². The molecule has 0 saturated carbocycles. The summed E-state index contributed by atoms with van der Waals surface area (Å²) in [6.45, 7) is 1.88. The molecule has 0 bridgehead atoms. The van der Waals surface area contributed by atoms with Gasteiger partial charge in [0.05, 0.1) is 5.56 Å². The average Bonchev–Trinajstić information content (AvgIpc) is 2.71. The number of rotatable bonds is 3. The summed E-state index contributed by atoms with van der Waals surface area (Å²) in [5, 5.41) is 6.18. The van der Waals surface area contributed by atoms with Crippen molar-refractivity contribution in [2.45, 2.75) is 13.3 Å². The molecule has 4 nitrogen and oxygen atoms in total. The molecule has 19 heavy (non-hydrogen) atoms. The van der Waals surface area contributed by atoms with Gasteiger partial charge in [-0.3, -0.25) is 9.48 Å². The number of hydrogen-bond donors (Lipinski definition) is 1. The molecule has 0 radical (unpaired) electrons. The molecule has 100 valence electrons. The van der Waals surface area contributed by atoms with E-state index in [-0.39, 0.29) is 5.56 Å². The number of carbonyl (C=O) groups is 1. The minimum atomic E-state index is -2.78. The van der Waals surface area contributed by atoms with Crippen LogP contribution in [0.2, 0.25) is 0 Å². The van der Waals surface area contributed by atoms with Gasteiger partial charge >= 0.3 is 0 Å². The lowest BCUT2D eigenvalue weighted by Crippen LogP contribution is -2.13. The third-order valence-electron chi connectivity index (χ3n) is 2.58. The summed E-state index contributed by atoms with van der Waals surface area (Å²) in [5.74, 6) is -0.589. The molecule has 0 aliphatic rings. The zero-order valence-corrected chi connectivity index (χ0v) is 10.5. The molecular formula is C13H13F2N3O. The second-order valence-electron chi connectivity index (χ2n) is 4.23. The first-order chi connectivity index (χ1) is 8.97. The predicted molar refractivity (Wildman–Crippen MR) is 67.3 cm³/mol. The minimum Gasteiger partial charge on any atom is -0.322 e. The Labute approximate surface area is 109 Å². The van der Waals surface area contributed by atoms with Gasteiger partial charge in [0.25, 0.3) is 12.3 Å². The Kier molecular flexibility index (Phi) is 3.59. The second kappa shape index (κ2) is 5.17. The molecular weight excluding hydrogens is 252 g/mol. The van der Waals surface area contributed by atoms with Crippen LogP contribution >= 0.6 is 0 Å². The van der Waals surface area contributed by atoms with Crippen molar-refractivity contribution < 1.29 is 13.6 Å². The molecule has 0 spiro atoms. The van der Waals surface area contributed by atoms with Crippen molar-refractivity contribution in [2.75, 3.05) is 5.32 Å².